The molecule has 5 rings (SSSR count). The number of ether oxygens (including phenoxy) is 2. The van der Waals surface area contributed by atoms with E-state index in [1.54, 1.807) is 45.0 Å². The van der Waals surface area contributed by atoms with Gasteiger partial charge in [-0.1, -0.05) is 0 Å². The van der Waals surface area contributed by atoms with Crippen molar-refractivity contribution in [2.45, 2.75) is 38.7 Å². The van der Waals surface area contributed by atoms with Gasteiger partial charge < -0.3 is 24.5 Å². The number of carbonyl (C=O) groups is 1. The fourth-order valence-electron chi connectivity index (χ4n) is 4.04. The van der Waals surface area contributed by atoms with Crippen molar-refractivity contribution in [1.82, 2.24) is 25.5 Å². The number of hydrogen-bond donors (Lipinski definition) is 3. The van der Waals surface area contributed by atoms with Crippen molar-refractivity contribution in [2.24, 2.45) is 5.41 Å². The number of rotatable bonds is 8. The van der Waals surface area contributed by atoms with Gasteiger partial charge in [-0.05, 0) is 39.0 Å². The SMILES string of the molecule is CC(C)(C)OC(=O)NCC1(COc2ccc3ccoc3c2-c2cc(Nc3cnc(C#N)cn3)n[nH]2)CC1(F)F. The lowest BCUT2D eigenvalue weighted by molar-refractivity contribution is 0.0328. The van der Waals surface area contributed by atoms with E-state index < -0.39 is 29.5 Å². The number of nitrogens with one attached hydrogen (secondary N) is 3. The highest BCUT2D eigenvalue weighted by Gasteiger charge is 2.71. The van der Waals surface area contributed by atoms with Crippen LogP contribution in [-0.4, -0.2) is 50.9 Å². The third-order valence-electron chi connectivity index (χ3n) is 6.14. The molecule has 3 heterocycles. The lowest BCUT2D eigenvalue weighted by Crippen LogP contribution is -2.39. The van der Waals surface area contributed by atoms with Gasteiger partial charge in [-0.3, -0.25) is 5.10 Å². The summed E-state index contributed by atoms with van der Waals surface area (Å²) >= 11 is 0. The monoisotopic (exact) mass is 537 g/mol. The number of aromatic nitrogens is 4. The van der Waals surface area contributed by atoms with Gasteiger partial charge >= 0.3 is 6.09 Å². The number of hydrogen-bond acceptors (Lipinski definition) is 9. The van der Waals surface area contributed by atoms with Crippen LogP contribution in [0, 0.1) is 16.7 Å². The van der Waals surface area contributed by atoms with Crippen molar-refractivity contribution in [3.05, 3.63) is 48.6 Å². The second-order valence-corrected chi connectivity index (χ2v) is 10.3. The van der Waals surface area contributed by atoms with Gasteiger partial charge in [-0.2, -0.15) is 10.4 Å². The number of alkyl halides is 2. The molecular weight excluding hydrogens is 512 g/mol. The first kappa shape index (κ1) is 25.9. The van der Waals surface area contributed by atoms with Crippen LogP contribution < -0.4 is 15.4 Å². The Labute approximate surface area is 221 Å². The van der Waals surface area contributed by atoms with E-state index >= 15 is 0 Å². The Bertz CT molecular complexity index is 1550. The second-order valence-electron chi connectivity index (χ2n) is 10.3. The first-order valence-electron chi connectivity index (χ1n) is 12.0. The highest BCUT2D eigenvalue weighted by Crippen LogP contribution is 2.60. The minimum atomic E-state index is -3.01. The minimum Gasteiger partial charge on any atom is -0.492 e. The maximum absolute atomic E-state index is 14.5. The van der Waals surface area contributed by atoms with Crippen LogP contribution >= 0.6 is 0 Å². The zero-order valence-corrected chi connectivity index (χ0v) is 21.3. The topological polar surface area (TPSA) is 151 Å². The number of benzene rings is 1. The van der Waals surface area contributed by atoms with Crippen LogP contribution in [0.1, 0.15) is 32.9 Å². The van der Waals surface area contributed by atoms with Gasteiger partial charge in [0.05, 0.1) is 35.3 Å². The van der Waals surface area contributed by atoms with E-state index in [0.29, 0.717) is 34.2 Å². The molecule has 39 heavy (non-hydrogen) atoms. The van der Waals surface area contributed by atoms with Gasteiger partial charge in [-0.25, -0.2) is 23.5 Å². The molecule has 0 radical (unpaired) electrons. The van der Waals surface area contributed by atoms with Crippen LogP contribution in [0.4, 0.5) is 25.2 Å². The second kappa shape index (κ2) is 9.54. The number of H-pyrrole nitrogens is 1. The Balaban J connectivity index is 1.36. The Morgan fingerprint density at radius 2 is 2.03 bits per heavy atom. The highest BCUT2D eigenvalue weighted by atomic mass is 19.3. The fourth-order valence-corrected chi connectivity index (χ4v) is 4.04. The number of nitriles is 1. The quantitative estimate of drug-likeness (QED) is 0.277. The molecule has 3 N–H and O–H groups in total. The number of amides is 1. The molecule has 11 nitrogen and oxygen atoms in total. The molecule has 1 aliphatic rings. The third-order valence-corrected chi connectivity index (χ3v) is 6.14. The number of halogens is 2. The molecule has 0 saturated heterocycles. The normalized spacial score (nSPS) is 17.8. The van der Waals surface area contributed by atoms with Crippen molar-refractivity contribution in [2.75, 3.05) is 18.5 Å². The maximum Gasteiger partial charge on any atom is 0.407 e. The summed E-state index contributed by atoms with van der Waals surface area (Å²) in [5.74, 6) is -1.95. The number of furan rings is 1. The first-order chi connectivity index (χ1) is 18.5. The molecule has 1 aromatic carbocycles. The Kier molecular flexibility index (Phi) is 6.33. The van der Waals surface area contributed by atoms with Gasteiger partial charge in [0.25, 0.3) is 5.92 Å². The Morgan fingerprint density at radius 3 is 2.69 bits per heavy atom. The van der Waals surface area contributed by atoms with Gasteiger partial charge in [0.15, 0.2) is 11.5 Å². The van der Waals surface area contributed by atoms with Crippen LogP contribution in [0.3, 0.4) is 0 Å². The molecule has 1 unspecified atom stereocenters. The molecule has 4 aromatic rings. The van der Waals surface area contributed by atoms with E-state index in [-0.39, 0.29) is 18.8 Å². The van der Waals surface area contributed by atoms with E-state index in [4.69, 9.17) is 19.2 Å². The van der Waals surface area contributed by atoms with E-state index in [1.165, 1.54) is 18.7 Å². The summed E-state index contributed by atoms with van der Waals surface area (Å²) in [6.07, 6.45) is 3.03. The summed E-state index contributed by atoms with van der Waals surface area (Å²) in [5.41, 5.74) is -0.688. The number of alkyl carbamates (subject to hydrolysis) is 1. The highest BCUT2D eigenvalue weighted by molar-refractivity contribution is 5.95. The summed E-state index contributed by atoms with van der Waals surface area (Å²) < 4.78 is 45.8. The molecule has 202 valence electrons. The largest absolute Gasteiger partial charge is 0.492 e. The zero-order chi connectivity index (χ0) is 27.8. The number of fused-ring (bicyclic) bond motifs is 1. The molecule has 1 atom stereocenters. The summed E-state index contributed by atoms with van der Waals surface area (Å²) in [4.78, 5) is 20.1. The predicted octanol–water partition coefficient (Wildman–Crippen LogP) is 5.16. The molecule has 0 bridgehead atoms. The Hall–Kier alpha value is -4.73. The van der Waals surface area contributed by atoms with E-state index in [1.807, 2.05) is 6.07 Å². The van der Waals surface area contributed by atoms with Crippen molar-refractivity contribution < 1.29 is 27.5 Å². The van der Waals surface area contributed by atoms with E-state index in [2.05, 4.69) is 30.8 Å². The van der Waals surface area contributed by atoms with Gasteiger partial charge in [0.2, 0.25) is 0 Å². The smallest absolute Gasteiger partial charge is 0.407 e. The number of carbonyl (C=O) groups excluding carboxylic acids is 1. The van der Waals surface area contributed by atoms with Crippen molar-refractivity contribution in [3.63, 3.8) is 0 Å². The van der Waals surface area contributed by atoms with E-state index in [9.17, 15) is 13.6 Å². The van der Waals surface area contributed by atoms with Crippen LogP contribution in [0.2, 0.25) is 0 Å². The molecule has 1 fully saturated rings. The average molecular weight is 538 g/mol. The summed E-state index contributed by atoms with van der Waals surface area (Å²) in [6, 6.07) is 8.77. The molecule has 3 aromatic heterocycles. The van der Waals surface area contributed by atoms with Crippen molar-refractivity contribution in [1.29, 1.82) is 5.26 Å². The maximum atomic E-state index is 14.5. The third kappa shape index (κ3) is 5.45. The average Bonchev–Trinajstić information content (AvgIpc) is 3.27. The Morgan fingerprint density at radius 1 is 1.23 bits per heavy atom. The fraction of sp³-hybridized carbons (Fsp3) is 0.346. The van der Waals surface area contributed by atoms with E-state index in [0.717, 1.165) is 5.39 Å². The number of aromatic amines is 1. The van der Waals surface area contributed by atoms with Gasteiger partial charge in [-0.15, -0.1) is 0 Å². The molecule has 0 aliphatic heterocycles. The van der Waals surface area contributed by atoms with Crippen LogP contribution in [-0.2, 0) is 4.74 Å². The molecule has 13 heteroatoms. The van der Waals surface area contributed by atoms with Crippen molar-refractivity contribution >= 4 is 28.7 Å². The van der Waals surface area contributed by atoms with Crippen LogP contribution in [0.25, 0.3) is 22.2 Å². The summed E-state index contributed by atoms with van der Waals surface area (Å²) in [7, 11) is 0. The molecule has 1 saturated carbocycles. The van der Waals surface area contributed by atoms with Crippen molar-refractivity contribution in [3.8, 4) is 23.1 Å². The molecular formula is C26H25F2N7O4. The summed E-state index contributed by atoms with van der Waals surface area (Å²) in [5, 5.41) is 22.2. The molecule has 0 spiro atoms. The standard InChI is InChI=1S/C26H25F2N7O4/c1-24(2,3)39-23(36)32-13-25(12-26(25,27)28)14-38-18-5-4-15-6-7-37-22(15)21(18)17-8-19(35-34-17)33-20-11-30-16(9-29)10-31-20/h4-8,10-11H,12-14H2,1-3H3,(H,32,36)(H2,31,33,34,35). The first-order valence-corrected chi connectivity index (χ1v) is 12.0. The van der Waals surface area contributed by atoms with Crippen LogP contribution in [0.5, 0.6) is 5.75 Å². The summed E-state index contributed by atoms with van der Waals surface area (Å²) in [6.45, 7) is 4.42. The number of anilines is 2. The lowest BCUT2D eigenvalue weighted by Gasteiger charge is -2.22. The molecule has 1 aliphatic carbocycles. The molecule has 1 amide bonds. The zero-order valence-electron chi connectivity index (χ0n) is 21.3. The lowest BCUT2D eigenvalue weighted by atomic mass is 10.1. The number of nitrogens with zero attached hydrogens (tertiary/aromatic N) is 4. The van der Waals surface area contributed by atoms with Gasteiger partial charge in [0.1, 0.15) is 35.4 Å². The predicted molar refractivity (Wildman–Crippen MR) is 136 cm³/mol. The van der Waals surface area contributed by atoms with Gasteiger partial charge in [0, 0.05) is 24.4 Å². The minimum absolute atomic E-state index is 0.176. The van der Waals surface area contributed by atoms with Crippen LogP contribution in [0.15, 0.2) is 47.3 Å².